The maximum Gasteiger partial charge on any atom is 0.262 e. The standard InChI is InChI=1S/C35H34N6O3/c1-23(42)40-35(41-16-8-3-9-17-41,34(43)39-20-25-10-4-7-13-32(25)44-2)33(28-21-37-30-12-6-5-11-26(28)30)29-22-38-31-15-14-24(19-36)18-27(29)31/h3-8,10-15,18,21-22,33,37-38H,9,16-17,20H2,1-2H3,(H,39,43)(H,40,42). The number of aromatic nitrogens is 2. The summed E-state index contributed by atoms with van der Waals surface area (Å²) in [5, 5.41) is 17.9. The number of fused-ring (bicyclic) bond motifs is 2. The van der Waals surface area contributed by atoms with Crippen LogP contribution in [0.2, 0.25) is 0 Å². The molecule has 0 saturated heterocycles. The Kier molecular flexibility index (Phi) is 7.92. The summed E-state index contributed by atoms with van der Waals surface area (Å²) in [6.07, 6.45) is 8.65. The van der Waals surface area contributed by atoms with Crippen molar-refractivity contribution >= 4 is 33.6 Å². The van der Waals surface area contributed by atoms with E-state index in [2.05, 4.69) is 32.7 Å². The first kappa shape index (κ1) is 28.8. The quantitative estimate of drug-likeness (QED) is 0.179. The molecule has 9 heteroatoms. The number of aromatic amines is 2. The highest BCUT2D eigenvalue weighted by Crippen LogP contribution is 2.44. The van der Waals surface area contributed by atoms with Gasteiger partial charge in [-0.05, 0) is 47.9 Å². The maximum atomic E-state index is 15.0. The number of carbonyl (C=O) groups is 2. The summed E-state index contributed by atoms with van der Waals surface area (Å²) in [5.41, 5.74) is 3.14. The molecule has 3 heterocycles. The molecule has 0 spiro atoms. The van der Waals surface area contributed by atoms with E-state index in [0.29, 0.717) is 30.8 Å². The zero-order valence-corrected chi connectivity index (χ0v) is 24.7. The number of amides is 2. The number of methoxy groups -OCH3 is 1. The molecule has 2 aromatic heterocycles. The smallest absolute Gasteiger partial charge is 0.262 e. The number of H-pyrrole nitrogens is 2. The number of hydrogen-bond donors (Lipinski definition) is 4. The monoisotopic (exact) mass is 586 g/mol. The van der Waals surface area contributed by atoms with Gasteiger partial charge in [-0.3, -0.25) is 14.5 Å². The number of ether oxygens (including phenoxy) is 1. The zero-order valence-electron chi connectivity index (χ0n) is 24.7. The average Bonchev–Trinajstić information content (AvgIpc) is 3.68. The Morgan fingerprint density at radius 1 is 1.00 bits per heavy atom. The first-order chi connectivity index (χ1) is 21.5. The predicted molar refractivity (Wildman–Crippen MR) is 170 cm³/mol. The van der Waals surface area contributed by atoms with Gasteiger partial charge < -0.3 is 25.3 Å². The zero-order chi connectivity index (χ0) is 30.7. The summed E-state index contributed by atoms with van der Waals surface area (Å²) in [7, 11) is 1.60. The van der Waals surface area contributed by atoms with E-state index in [4.69, 9.17) is 4.74 Å². The number of rotatable bonds is 9. The highest BCUT2D eigenvalue weighted by atomic mass is 16.5. The van der Waals surface area contributed by atoms with Gasteiger partial charge in [0.15, 0.2) is 5.66 Å². The van der Waals surface area contributed by atoms with Crippen LogP contribution in [0.3, 0.4) is 0 Å². The lowest BCUT2D eigenvalue weighted by atomic mass is 9.77. The van der Waals surface area contributed by atoms with Crippen LogP contribution >= 0.6 is 0 Å². The van der Waals surface area contributed by atoms with Crippen molar-refractivity contribution in [2.24, 2.45) is 0 Å². The van der Waals surface area contributed by atoms with Gasteiger partial charge in [0.1, 0.15) is 5.75 Å². The molecule has 4 N–H and O–H groups in total. The molecule has 0 saturated carbocycles. The third kappa shape index (κ3) is 5.10. The number of benzene rings is 3. The van der Waals surface area contributed by atoms with Gasteiger partial charge in [-0.15, -0.1) is 0 Å². The molecule has 222 valence electrons. The van der Waals surface area contributed by atoms with E-state index in [9.17, 15) is 14.9 Å². The molecule has 0 bridgehead atoms. The van der Waals surface area contributed by atoms with Crippen LogP contribution in [-0.4, -0.2) is 52.5 Å². The highest BCUT2D eigenvalue weighted by molar-refractivity contribution is 5.97. The largest absolute Gasteiger partial charge is 0.496 e. The third-order valence-electron chi connectivity index (χ3n) is 8.41. The van der Waals surface area contributed by atoms with Crippen LogP contribution in [0.25, 0.3) is 21.8 Å². The van der Waals surface area contributed by atoms with Gasteiger partial charge in [-0.25, -0.2) is 0 Å². The Hall–Kier alpha value is -5.33. The molecule has 0 radical (unpaired) electrons. The van der Waals surface area contributed by atoms with Crippen molar-refractivity contribution in [1.82, 2.24) is 25.5 Å². The Bertz CT molecular complexity index is 1910. The second kappa shape index (κ2) is 12.1. The normalized spacial score (nSPS) is 15.4. The molecule has 0 aliphatic carbocycles. The Balaban J connectivity index is 1.61. The van der Waals surface area contributed by atoms with E-state index in [1.807, 2.05) is 84.0 Å². The minimum atomic E-state index is -1.55. The molecule has 44 heavy (non-hydrogen) atoms. The van der Waals surface area contributed by atoms with E-state index >= 15 is 0 Å². The lowest BCUT2D eigenvalue weighted by Gasteiger charge is -2.48. The lowest BCUT2D eigenvalue weighted by Crippen LogP contribution is -2.71. The number of nitrogens with zero attached hydrogens (tertiary/aromatic N) is 2. The lowest BCUT2D eigenvalue weighted by molar-refractivity contribution is -0.143. The molecule has 9 nitrogen and oxygen atoms in total. The fraction of sp³-hybridized carbons (Fsp3) is 0.229. The van der Waals surface area contributed by atoms with Crippen LogP contribution in [0.1, 0.15) is 41.5 Å². The summed E-state index contributed by atoms with van der Waals surface area (Å²) >= 11 is 0. The molecule has 2 unspecified atom stereocenters. The Morgan fingerprint density at radius 3 is 2.45 bits per heavy atom. The molecule has 0 fully saturated rings. The van der Waals surface area contributed by atoms with Crippen LogP contribution in [0.5, 0.6) is 5.75 Å². The van der Waals surface area contributed by atoms with Gasteiger partial charge in [0.25, 0.3) is 5.91 Å². The van der Waals surface area contributed by atoms with E-state index in [0.717, 1.165) is 38.5 Å². The van der Waals surface area contributed by atoms with Gasteiger partial charge >= 0.3 is 0 Å². The maximum absolute atomic E-state index is 15.0. The fourth-order valence-corrected chi connectivity index (χ4v) is 6.46. The highest BCUT2D eigenvalue weighted by Gasteiger charge is 2.53. The van der Waals surface area contributed by atoms with Crippen LogP contribution < -0.4 is 15.4 Å². The molecule has 1 aliphatic heterocycles. The number of para-hydroxylation sites is 2. The first-order valence-electron chi connectivity index (χ1n) is 14.6. The second-order valence-corrected chi connectivity index (χ2v) is 11.0. The molecule has 5 aromatic rings. The van der Waals surface area contributed by atoms with Crippen molar-refractivity contribution in [2.75, 3.05) is 20.2 Å². The number of carbonyl (C=O) groups excluding carboxylic acids is 2. The minimum absolute atomic E-state index is 0.195. The van der Waals surface area contributed by atoms with Crippen molar-refractivity contribution in [2.45, 2.75) is 31.5 Å². The fourth-order valence-electron chi connectivity index (χ4n) is 6.46. The summed E-state index contributed by atoms with van der Waals surface area (Å²) in [6.45, 7) is 2.63. The summed E-state index contributed by atoms with van der Waals surface area (Å²) in [6, 6.07) is 23.2. The number of nitriles is 1. The van der Waals surface area contributed by atoms with Crippen molar-refractivity contribution < 1.29 is 14.3 Å². The van der Waals surface area contributed by atoms with Crippen LogP contribution in [0, 0.1) is 11.3 Å². The van der Waals surface area contributed by atoms with Crippen LogP contribution in [0.15, 0.2) is 91.3 Å². The molecule has 2 amide bonds. The SMILES string of the molecule is COc1ccccc1CNC(=O)C(NC(C)=O)(C(c1c[nH]c2ccccc12)c1c[nH]c2ccc(C#N)cc12)N1CC=CCC1. The Morgan fingerprint density at radius 2 is 1.73 bits per heavy atom. The second-order valence-electron chi connectivity index (χ2n) is 11.0. The van der Waals surface area contributed by atoms with E-state index in [1.54, 1.807) is 13.2 Å². The molecular weight excluding hydrogens is 552 g/mol. The van der Waals surface area contributed by atoms with E-state index in [1.165, 1.54) is 6.92 Å². The summed E-state index contributed by atoms with van der Waals surface area (Å²) in [5.74, 6) is -0.716. The van der Waals surface area contributed by atoms with Crippen molar-refractivity contribution in [3.63, 3.8) is 0 Å². The Labute approximate surface area is 255 Å². The topological polar surface area (TPSA) is 126 Å². The van der Waals surface area contributed by atoms with Crippen molar-refractivity contribution in [1.29, 1.82) is 5.26 Å². The molecule has 1 aliphatic rings. The molecule has 3 aromatic carbocycles. The predicted octanol–water partition coefficient (Wildman–Crippen LogP) is 5.07. The van der Waals surface area contributed by atoms with Gasteiger partial charge in [0.2, 0.25) is 5.91 Å². The molecule has 6 rings (SSSR count). The molecular formula is C35H34N6O3. The number of hydrogen-bond acceptors (Lipinski definition) is 5. The van der Waals surface area contributed by atoms with Crippen LogP contribution in [-0.2, 0) is 16.1 Å². The van der Waals surface area contributed by atoms with Crippen LogP contribution in [0.4, 0.5) is 0 Å². The van der Waals surface area contributed by atoms with Crippen molar-refractivity contribution in [3.05, 3.63) is 114 Å². The van der Waals surface area contributed by atoms with E-state index < -0.39 is 11.6 Å². The van der Waals surface area contributed by atoms with E-state index in [-0.39, 0.29) is 18.4 Å². The summed E-state index contributed by atoms with van der Waals surface area (Å²) in [4.78, 5) is 37.0. The van der Waals surface area contributed by atoms with Crippen molar-refractivity contribution in [3.8, 4) is 11.8 Å². The minimum Gasteiger partial charge on any atom is -0.496 e. The summed E-state index contributed by atoms with van der Waals surface area (Å²) < 4.78 is 5.55. The van der Waals surface area contributed by atoms with Gasteiger partial charge in [0, 0.05) is 66.3 Å². The van der Waals surface area contributed by atoms with Gasteiger partial charge in [-0.2, -0.15) is 5.26 Å². The number of nitrogens with one attached hydrogen (secondary N) is 4. The molecule has 2 atom stereocenters. The van der Waals surface area contributed by atoms with Gasteiger partial charge in [0.05, 0.1) is 24.7 Å². The van der Waals surface area contributed by atoms with Gasteiger partial charge in [-0.1, -0.05) is 48.6 Å². The average molecular weight is 587 g/mol. The third-order valence-corrected chi connectivity index (χ3v) is 8.41. The first-order valence-corrected chi connectivity index (χ1v) is 14.6.